The molecule has 0 unspecified atom stereocenters. The van der Waals surface area contributed by atoms with Gasteiger partial charge in [-0.2, -0.15) is 0 Å². The Balaban J connectivity index is 1.38. The summed E-state index contributed by atoms with van der Waals surface area (Å²) in [5.41, 5.74) is 0.500. The molecule has 0 bridgehead atoms. The number of sulfonamides is 1. The second-order valence-corrected chi connectivity index (χ2v) is 9.45. The number of rotatable bonds is 7. The highest BCUT2D eigenvalue weighted by Gasteiger charge is 2.39. The largest absolute Gasteiger partial charge is 0.314 e. The van der Waals surface area contributed by atoms with E-state index in [1.54, 1.807) is 4.31 Å². The Labute approximate surface area is 129 Å². The van der Waals surface area contributed by atoms with Crippen molar-refractivity contribution in [3.8, 4) is 0 Å². The van der Waals surface area contributed by atoms with Crippen molar-refractivity contribution in [1.29, 1.82) is 0 Å². The molecule has 2 aliphatic carbocycles. The van der Waals surface area contributed by atoms with Gasteiger partial charge in [-0.15, -0.1) is 0 Å². The highest BCUT2D eigenvalue weighted by Crippen LogP contribution is 2.46. The molecule has 1 aliphatic heterocycles. The van der Waals surface area contributed by atoms with Gasteiger partial charge in [-0.25, -0.2) is 12.7 Å². The molecule has 21 heavy (non-hydrogen) atoms. The maximum Gasteiger partial charge on any atom is 0.214 e. The fraction of sp³-hybridized carbons (Fsp3) is 1.00. The zero-order chi connectivity index (χ0) is 14.8. The SMILES string of the molecule is O=S(=O)(CCCCNC1CC1)N1CCC2(CCCC2)CC1. The normalized spacial score (nSPS) is 26.5. The van der Waals surface area contributed by atoms with Gasteiger partial charge in [0.1, 0.15) is 0 Å². The van der Waals surface area contributed by atoms with Crippen LogP contribution in [0.15, 0.2) is 0 Å². The number of hydrogen-bond donors (Lipinski definition) is 1. The number of nitrogens with one attached hydrogen (secondary N) is 1. The summed E-state index contributed by atoms with van der Waals surface area (Å²) in [6, 6.07) is 0.728. The average Bonchev–Trinajstić information content (AvgIpc) is 3.19. The summed E-state index contributed by atoms with van der Waals surface area (Å²) in [4.78, 5) is 0. The molecule has 0 atom stereocenters. The topological polar surface area (TPSA) is 49.4 Å². The molecule has 0 amide bonds. The molecule has 1 N–H and O–H groups in total. The summed E-state index contributed by atoms with van der Waals surface area (Å²) in [6.45, 7) is 2.51. The van der Waals surface area contributed by atoms with Gasteiger partial charge in [-0.05, 0) is 63.3 Å². The van der Waals surface area contributed by atoms with Crippen LogP contribution < -0.4 is 5.32 Å². The first-order valence-corrected chi connectivity index (χ1v) is 10.4. The van der Waals surface area contributed by atoms with Crippen LogP contribution in [0.4, 0.5) is 0 Å². The standard InChI is InChI=1S/C16H30N2O2S/c19-21(20,14-4-3-11-17-15-5-6-15)18-12-9-16(10-13-18)7-1-2-8-16/h15,17H,1-14H2. The summed E-state index contributed by atoms with van der Waals surface area (Å²) in [5.74, 6) is 0.340. The summed E-state index contributed by atoms with van der Waals surface area (Å²) >= 11 is 0. The molecule has 1 heterocycles. The van der Waals surface area contributed by atoms with Crippen molar-refractivity contribution in [2.24, 2.45) is 5.41 Å². The van der Waals surface area contributed by atoms with Gasteiger partial charge in [0.15, 0.2) is 0 Å². The van der Waals surface area contributed by atoms with Crippen LogP contribution in [0.1, 0.15) is 64.2 Å². The molecule has 3 rings (SSSR count). The van der Waals surface area contributed by atoms with E-state index >= 15 is 0 Å². The third-order valence-corrected chi connectivity index (χ3v) is 7.64. The number of nitrogens with zero attached hydrogens (tertiary/aromatic N) is 1. The number of piperidine rings is 1. The predicted molar refractivity (Wildman–Crippen MR) is 85.8 cm³/mol. The van der Waals surface area contributed by atoms with E-state index in [1.807, 2.05) is 0 Å². The molecule has 0 aromatic rings. The highest BCUT2D eigenvalue weighted by molar-refractivity contribution is 7.89. The third-order valence-electron chi connectivity index (χ3n) is 5.68. The van der Waals surface area contributed by atoms with Crippen LogP contribution in [0.25, 0.3) is 0 Å². The van der Waals surface area contributed by atoms with Crippen LogP contribution in [0, 0.1) is 5.41 Å². The van der Waals surface area contributed by atoms with E-state index in [9.17, 15) is 8.42 Å². The van der Waals surface area contributed by atoms with Gasteiger partial charge < -0.3 is 5.32 Å². The lowest BCUT2D eigenvalue weighted by molar-refractivity contribution is 0.160. The lowest BCUT2D eigenvalue weighted by Crippen LogP contribution is -2.43. The van der Waals surface area contributed by atoms with Crippen molar-refractivity contribution in [3.05, 3.63) is 0 Å². The molecule has 0 aromatic carbocycles. The zero-order valence-electron chi connectivity index (χ0n) is 13.1. The fourth-order valence-corrected chi connectivity index (χ4v) is 5.56. The molecule has 2 saturated carbocycles. The molecule has 1 spiro atoms. The highest BCUT2D eigenvalue weighted by atomic mass is 32.2. The van der Waals surface area contributed by atoms with Gasteiger partial charge in [0.25, 0.3) is 0 Å². The number of hydrogen-bond acceptors (Lipinski definition) is 3. The first-order valence-electron chi connectivity index (χ1n) is 8.81. The molecular formula is C16H30N2O2S. The summed E-state index contributed by atoms with van der Waals surface area (Å²) < 4.78 is 26.6. The average molecular weight is 314 g/mol. The van der Waals surface area contributed by atoms with Crippen LogP contribution in [0.3, 0.4) is 0 Å². The maximum absolute atomic E-state index is 12.4. The van der Waals surface area contributed by atoms with Gasteiger partial charge >= 0.3 is 0 Å². The summed E-state index contributed by atoms with van der Waals surface area (Å²) in [6.07, 6.45) is 11.9. The van der Waals surface area contributed by atoms with Crippen molar-refractivity contribution in [2.75, 3.05) is 25.4 Å². The lowest BCUT2D eigenvalue weighted by atomic mass is 9.78. The van der Waals surface area contributed by atoms with Crippen LogP contribution in [-0.2, 0) is 10.0 Å². The molecule has 0 radical (unpaired) electrons. The zero-order valence-corrected chi connectivity index (χ0v) is 14.0. The first-order chi connectivity index (χ1) is 10.1. The second kappa shape index (κ2) is 6.55. The van der Waals surface area contributed by atoms with E-state index < -0.39 is 10.0 Å². The van der Waals surface area contributed by atoms with Crippen LogP contribution in [-0.4, -0.2) is 44.2 Å². The van der Waals surface area contributed by atoms with Crippen molar-refractivity contribution in [1.82, 2.24) is 9.62 Å². The molecule has 5 heteroatoms. The fourth-order valence-electron chi connectivity index (χ4n) is 4.00. The van der Waals surface area contributed by atoms with Gasteiger partial charge in [0, 0.05) is 19.1 Å². The molecule has 4 nitrogen and oxygen atoms in total. The summed E-state index contributed by atoms with van der Waals surface area (Å²) in [5, 5.41) is 3.45. The van der Waals surface area contributed by atoms with Gasteiger partial charge in [0.05, 0.1) is 5.75 Å². The van der Waals surface area contributed by atoms with Crippen molar-refractivity contribution in [2.45, 2.75) is 70.3 Å². The minimum atomic E-state index is -3.01. The van der Waals surface area contributed by atoms with E-state index in [-0.39, 0.29) is 0 Å². The minimum Gasteiger partial charge on any atom is -0.314 e. The Morgan fingerprint density at radius 3 is 2.29 bits per heavy atom. The first kappa shape index (κ1) is 15.8. The monoisotopic (exact) mass is 314 g/mol. The Bertz CT molecular complexity index is 429. The molecule has 0 aromatic heterocycles. The van der Waals surface area contributed by atoms with E-state index in [4.69, 9.17) is 0 Å². The van der Waals surface area contributed by atoms with Crippen LogP contribution in [0.2, 0.25) is 0 Å². The quantitative estimate of drug-likeness (QED) is 0.735. The molecule has 3 aliphatic rings. The Morgan fingerprint density at radius 1 is 1.00 bits per heavy atom. The molecular weight excluding hydrogens is 284 g/mol. The van der Waals surface area contributed by atoms with Gasteiger partial charge in [-0.1, -0.05) is 12.8 Å². The van der Waals surface area contributed by atoms with Gasteiger partial charge in [-0.3, -0.25) is 0 Å². The van der Waals surface area contributed by atoms with Crippen molar-refractivity contribution in [3.63, 3.8) is 0 Å². The smallest absolute Gasteiger partial charge is 0.214 e. The van der Waals surface area contributed by atoms with E-state index in [1.165, 1.54) is 38.5 Å². The number of unbranched alkanes of at least 4 members (excludes halogenated alkanes) is 1. The van der Waals surface area contributed by atoms with E-state index in [0.29, 0.717) is 11.2 Å². The van der Waals surface area contributed by atoms with Crippen LogP contribution >= 0.6 is 0 Å². The minimum absolute atomic E-state index is 0.340. The predicted octanol–water partition coefficient (Wildman–Crippen LogP) is 2.50. The second-order valence-electron chi connectivity index (χ2n) is 7.36. The Kier molecular flexibility index (Phi) is 4.91. The molecule has 3 fully saturated rings. The molecule has 122 valence electrons. The third kappa shape index (κ3) is 4.20. The molecule has 1 saturated heterocycles. The van der Waals surface area contributed by atoms with Crippen molar-refractivity contribution < 1.29 is 8.42 Å². The summed E-state index contributed by atoms with van der Waals surface area (Å²) in [7, 11) is -3.01. The Morgan fingerprint density at radius 2 is 1.67 bits per heavy atom. The Hall–Kier alpha value is -0.130. The van der Waals surface area contributed by atoms with Crippen molar-refractivity contribution >= 4 is 10.0 Å². The van der Waals surface area contributed by atoms with Gasteiger partial charge in [0.2, 0.25) is 10.0 Å². The van der Waals surface area contributed by atoms with E-state index in [2.05, 4.69) is 5.32 Å². The van der Waals surface area contributed by atoms with Crippen LogP contribution in [0.5, 0.6) is 0 Å². The van der Waals surface area contributed by atoms with E-state index in [0.717, 1.165) is 51.4 Å². The lowest BCUT2D eigenvalue weighted by Gasteiger charge is -2.38. The maximum atomic E-state index is 12.4.